The van der Waals surface area contributed by atoms with E-state index in [1.165, 1.54) is 25.7 Å². The zero-order chi connectivity index (χ0) is 14.6. The largest absolute Gasteiger partial charge is 0.385 e. The molecule has 20 heavy (non-hydrogen) atoms. The molecule has 0 aliphatic heterocycles. The van der Waals surface area contributed by atoms with Crippen LogP contribution >= 0.6 is 0 Å². The third-order valence-electron chi connectivity index (χ3n) is 4.34. The standard InChI is InChI=1S/C17H26N2O/c1-4-18-14-7-8-15(13(2)11-14)16(20)19-12-17(3)9-5-6-10-17/h7-8,11,18H,4-6,9-10,12H2,1-3H3,(H,19,20). The van der Waals surface area contributed by atoms with Crippen LogP contribution in [0.5, 0.6) is 0 Å². The highest BCUT2D eigenvalue weighted by Gasteiger charge is 2.29. The lowest BCUT2D eigenvalue weighted by Crippen LogP contribution is -2.34. The summed E-state index contributed by atoms with van der Waals surface area (Å²) in [7, 11) is 0. The number of nitrogens with one attached hydrogen (secondary N) is 2. The van der Waals surface area contributed by atoms with Crippen molar-refractivity contribution < 1.29 is 4.79 Å². The summed E-state index contributed by atoms with van der Waals surface area (Å²) >= 11 is 0. The van der Waals surface area contributed by atoms with Gasteiger partial charge in [0, 0.05) is 24.3 Å². The Morgan fingerprint density at radius 3 is 2.60 bits per heavy atom. The molecule has 1 saturated carbocycles. The van der Waals surface area contributed by atoms with Crippen LogP contribution in [0.4, 0.5) is 5.69 Å². The van der Waals surface area contributed by atoms with Crippen LogP contribution in [0, 0.1) is 12.3 Å². The minimum absolute atomic E-state index is 0.0543. The van der Waals surface area contributed by atoms with E-state index in [1.54, 1.807) is 0 Å². The predicted octanol–water partition coefficient (Wildman–Crippen LogP) is 3.74. The first-order valence-corrected chi connectivity index (χ1v) is 7.67. The minimum atomic E-state index is 0.0543. The number of amides is 1. The average molecular weight is 274 g/mol. The molecule has 0 spiro atoms. The Morgan fingerprint density at radius 1 is 1.30 bits per heavy atom. The van der Waals surface area contributed by atoms with Crippen molar-refractivity contribution in [2.75, 3.05) is 18.4 Å². The molecule has 3 nitrogen and oxygen atoms in total. The van der Waals surface area contributed by atoms with Gasteiger partial charge < -0.3 is 10.6 Å². The van der Waals surface area contributed by atoms with Gasteiger partial charge >= 0.3 is 0 Å². The molecular weight excluding hydrogens is 248 g/mol. The fraction of sp³-hybridized carbons (Fsp3) is 0.588. The lowest BCUT2D eigenvalue weighted by Gasteiger charge is -2.24. The quantitative estimate of drug-likeness (QED) is 0.859. The summed E-state index contributed by atoms with van der Waals surface area (Å²) in [5.41, 5.74) is 3.18. The van der Waals surface area contributed by atoms with Gasteiger partial charge in [0.1, 0.15) is 0 Å². The normalized spacial score (nSPS) is 16.9. The molecule has 0 atom stereocenters. The summed E-state index contributed by atoms with van der Waals surface area (Å²) in [6, 6.07) is 5.93. The highest BCUT2D eigenvalue weighted by Crippen LogP contribution is 2.36. The van der Waals surface area contributed by atoms with Crippen molar-refractivity contribution in [1.29, 1.82) is 0 Å². The van der Waals surface area contributed by atoms with Crippen molar-refractivity contribution in [1.82, 2.24) is 5.32 Å². The molecule has 1 aliphatic carbocycles. The second-order valence-corrected chi connectivity index (χ2v) is 6.26. The predicted molar refractivity (Wildman–Crippen MR) is 84.3 cm³/mol. The third kappa shape index (κ3) is 3.53. The molecular formula is C17H26N2O. The number of benzene rings is 1. The second-order valence-electron chi connectivity index (χ2n) is 6.26. The maximum absolute atomic E-state index is 12.3. The Hall–Kier alpha value is -1.51. The topological polar surface area (TPSA) is 41.1 Å². The molecule has 0 radical (unpaired) electrons. The monoisotopic (exact) mass is 274 g/mol. The van der Waals surface area contributed by atoms with Crippen LogP contribution < -0.4 is 10.6 Å². The molecule has 1 aliphatic rings. The van der Waals surface area contributed by atoms with E-state index in [-0.39, 0.29) is 5.91 Å². The molecule has 1 amide bonds. The van der Waals surface area contributed by atoms with Gasteiger partial charge in [-0.15, -0.1) is 0 Å². The summed E-state index contributed by atoms with van der Waals surface area (Å²) in [4.78, 5) is 12.3. The first-order chi connectivity index (χ1) is 9.54. The number of hydrogen-bond acceptors (Lipinski definition) is 2. The molecule has 0 heterocycles. The summed E-state index contributed by atoms with van der Waals surface area (Å²) in [6.45, 7) is 8.02. The fourth-order valence-electron chi connectivity index (χ4n) is 3.03. The number of rotatable bonds is 5. The van der Waals surface area contributed by atoms with Crippen molar-refractivity contribution in [3.63, 3.8) is 0 Å². The van der Waals surface area contributed by atoms with E-state index in [0.717, 1.165) is 29.9 Å². The van der Waals surface area contributed by atoms with E-state index in [9.17, 15) is 4.79 Å². The highest BCUT2D eigenvalue weighted by molar-refractivity contribution is 5.96. The van der Waals surface area contributed by atoms with Crippen LogP contribution in [0.3, 0.4) is 0 Å². The fourth-order valence-corrected chi connectivity index (χ4v) is 3.03. The lowest BCUT2D eigenvalue weighted by molar-refractivity contribution is 0.0933. The maximum atomic E-state index is 12.3. The number of carbonyl (C=O) groups is 1. The number of hydrogen-bond donors (Lipinski definition) is 2. The maximum Gasteiger partial charge on any atom is 0.251 e. The Labute approximate surface area is 122 Å². The molecule has 1 fully saturated rings. The molecule has 0 saturated heterocycles. The van der Waals surface area contributed by atoms with E-state index >= 15 is 0 Å². The number of carbonyl (C=O) groups excluding carboxylic acids is 1. The first kappa shape index (κ1) is 14.9. The Bertz CT molecular complexity index is 476. The molecule has 3 heteroatoms. The van der Waals surface area contributed by atoms with Crippen molar-refractivity contribution in [3.05, 3.63) is 29.3 Å². The third-order valence-corrected chi connectivity index (χ3v) is 4.34. The molecule has 1 aromatic carbocycles. The van der Waals surface area contributed by atoms with Gasteiger partial charge in [-0.3, -0.25) is 4.79 Å². The van der Waals surface area contributed by atoms with E-state index in [2.05, 4.69) is 24.5 Å². The molecule has 110 valence electrons. The van der Waals surface area contributed by atoms with Gasteiger partial charge in [-0.2, -0.15) is 0 Å². The molecule has 0 unspecified atom stereocenters. The van der Waals surface area contributed by atoms with Gasteiger partial charge in [-0.05, 0) is 55.9 Å². The van der Waals surface area contributed by atoms with E-state index in [0.29, 0.717) is 5.41 Å². The summed E-state index contributed by atoms with van der Waals surface area (Å²) < 4.78 is 0. The summed E-state index contributed by atoms with van der Waals surface area (Å²) in [5.74, 6) is 0.0543. The average Bonchev–Trinajstić information content (AvgIpc) is 2.84. The molecule has 2 rings (SSSR count). The van der Waals surface area contributed by atoms with Crippen LogP contribution in [0.25, 0.3) is 0 Å². The Balaban J connectivity index is 1.98. The first-order valence-electron chi connectivity index (χ1n) is 7.67. The SMILES string of the molecule is CCNc1ccc(C(=O)NCC2(C)CCCC2)c(C)c1. The van der Waals surface area contributed by atoms with Gasteiger partial charge in [0.25, 0.3) is 5.91 Å². The van der Waals surface area contributed by atoms with E-state index in [1.807, 2.05) is 25.1 Å². The number of anilines is 1. The van der Waals surface area contributed by atoms with Crippen LogP contribution in [-0.4, -0.2) is 19.0 Å². The van der Waals surface area contributed by atoms with Crippen LogP contribution in [0.2, 0.25) is 0 Å². The lowest BCUT2D eigenvalue weighted by atomic mass is 9.89. The van der Waals surface area contributed by atoms with Gasteiger partial charge in [-0.25, -0.2) is 0 Å². The van der Waals surface area contributed by atoms with Crippen LogP contribution in [0.15, 0.2) is 18.2 Å². The Kier molecular flexibility index (Phi) is 4.69. The molecule has 1 aromatic rings. The van der Waals surface area contributed by atoms with Crippen molar-refractivity contribution in [2.45, 2.75) is 46.5 Å². The summed E-state index contributed by atoms with van der Waals surface area (Å²) in [6.07, 6.45) is 5.04. The number of aryl methyl sites for hydroxylation is 1. The minimum Gasteiger partial charge on any atom is -0.385 e. The van der Waals surface area contributed by atoms with E-state index in [4.69, 9.17) is 0 Å². The molecule has 2 N–H and O–H groups in total. The van der Waals surface area contributed by atoms with Crippen molar-refractivity contribution in [2.24, 2.45) is 5.41 Å². The molecule has 0 aromatic heterocycles. The highest BCUT2D eigenvalue weighted by atomic mass is 16.1. The van der Waals surface area contributed by atoms with Crippen molar-refractivity contribution >= 4 is 11.6 Å². The van der Waals surface area contributed by atoms with Gasteiger partial charge in [0.2, 0.25) is 0 Å². The summed E-state index contributed by atoms with van der Waals surface area (Å²) in [5, 5.41) is 6.38. The second kappa shape index (κ2) is 6.29. The zero-order valence-electron chi connectivity index (χ0n) is 12.9. The van der Waals surface area contributed by atoms with Crippen LogP contribution in [-0.2, 0) is 0 Å². The molecule has 0 bridgehead atoms. The smallest absolute Gasteiger partial charge is 0.251 e. The van der Waals surface area contributed by atoms with Crippen LogP contribution in [0.1, 0.15) is 55.5 Å². The van der Waals surface area contributed by atoms with E-state index < -0.39 is 0 Å². The Morgan fingerprint density at radius 2 is 2.00 bits per heavy atom. The van der Waals surface area contributed by atoms with Gasteiger partial charge in [-0.1, -0.05) is 19.8 Å². The van der Waals surface area contributed by atoms with Gasteiger partial charge in [0.05, 0.1) is 0 Å². The van der Waals surface area contributed by atoms with Crippen molar-refractivity contribution in [3.8, 4) is 0 Å². The van der Waals surface area contributed by atoms with Gasteiger partial charge in [0.15, 0.2) is 0 Å². The zero-order valence-corrected chi connectivity index (χ0v) is 12.9.